The SMILES string of the molecule is CC1[C@H](C)C(C(=O)O)O[C@@H](OCc2ccccc2)[C@H]1OCc1ccccc1. The van der Waals surface area contributed by atoms with Crippen molar-refractivity contribution in [2.24, 2.45) is 11.8 Å². The maximum absolute atomic E-state index is 11.6. The summed E-state index contributed by atoms with van der Waals surface area (Å²) in [5.41, 5.74) is 2.06. The van der Waals surface area contributed by atoms with Gasteiger partial charge in [0.05, 0.1) is 13.2 Å². The maximum Gasteiger partial charge on any atom is 0.333 e. The predicted octanol–water partition coefficient (Wildman–Crippen LogP) is 3.87. The molecular weight excluding hydrogens is 344 g/mol. The Labute approximate surface area is 159 Å². The minimum atomic E-state index is -0.968. The van der Waals surface area contributed by atoms with Crippen LogP contribution in [-0.2, 0) is 32.2 Å². The second kappa shape index (κ2) is 9.13. The van der Waals surface area contributed by atoms with Gasteiger partial charge in [-0.15, -0.1) is 0 Å². The molecule has 2 aromatic carbocycles. The summed E-state index contributed by atoms with van der Waals surface area (Å²) in [5, 5.41) is 9.50. The van der Waals surface area contributed by atoms with E-state index in [1.807, 2.05) is 74.5 Å². The van der Waals surface area contributed by atoms with Crippen LogP contribution in [0.4, 0.5) is 0 Å². The normalized spacial score (nSPS) is 28.0. The van der Waals surface area contributed by atoms with E-state index in [0.717, 1.165) is 11.1 Å². The summed E-state index contributed by atoms with van der Waals surface area (Å²) in [5.74, 6) is -1.17. The molecule has 2 aromatic rings. The summed E-state index contributed by atoms with van der Waals surface area (Å²) in [4.78, 5) is 11.6. The molecule has 0 aromatic heterocycles. The van der Waals surface area contributed by atoms with Gasteiger partial charge in [-0.05, 0) is 23.0 Å². The molecule has 144 valence electrons. The van der Waals surface area contributed by atoms with E-state index in [4.69, 9.17) is 14.2 Å². The Balaban J connectivity index is 1.72. The molecule has 1 N–H and O–H groups in total. The number of aliphatic carboxylic acids is 1. The summed E-state index contributed by atoms with van der Waals surface area (Å²) in [6, 6.07) is 19.6. The third kappa shape index (κ3) is 4.95. The standard InChI is InChI=1S/C22H26O5/c1-15-16(2)20(25-13-17-9-5-3-6-10-17)22(27-19(15)21(23)24)26-14-18-11-7-4-8-12-18/h3-12,15-16,19-20,22H,13-14H2,1-2H3,(H,23,24)/t15-,16?,19?,20-,22+/m0/s1. The first-order valence-corrected chi connectivity index (χ1v) is 9.25. The molecule has 0 bridgehead atoms. The van der Waals surface area contributed by atoms with Crippen LogP contribution in [-0.4, -0.2) is 29.6 Å². The van der Waals surface area contributed by atoms with Crippen LogP contribution < -0.4 is 0 Å². The summed E-state index contributed by atoms with van der Waals surface area (Å²) < 4.78 is 17.9. The molecule has 0 spiro atoms. The molecule has 5 heteroatoms. The Hall–Kier alpha value is -2.21. The van der Waals surface area contributed by atoms with Crippen molar-refractivity contribution in [1.29, 1.82) is 0 Å². The van der Waals surface area contributed by atoms with Gasteiger partial charge in [0, 0.05) is 0 Å². The Morgan fingerprint density at radius 2 is 1.41 bits per heavy atom. The third-order valence-corrected chi connectivity index (χ3v) is 5.16. The highest BCUT2D eigenvalue weighted by molar-refractivity contribution is 5.72. The lowest BCUT2D eigenvalue weighted by molar-refractivity contribution is -0.284. The molecule has 27 heavy (non-hydrogen) atoms. The zero-order chi connectivity index (χ0) is 19.2. The van der Waals surface area contributed by atoms with Crippen LogP contribution in [0.15, 0.2) is 60.7 Å². The average Bonchev–Trinajstić information content (AvgIpc) is 2.69. The van der Waals surface area contributed by atoms with Crippen molar-refractivity contribution in [3.8, 4) is 0 Å². The maximum atomic E-state index is 11.6. The molecule has 5 nitrogen and oxygen atoms in total. The van der Waals surface area contributed by atoms with E-state index in [2.05, 4.69) is 0 Å². The molecule has 1 heterocycles. The number of carboxylic acid groups (broad SMARTS) is 1. The van der Waals surface area contributed by atoms with E-state index < -0.39 is 18.4 Å². The lowest BCUT2D eigenvalue weighted by Crippen LogP contribution is -2.53. The lowest BCUT2D eigenvalue weighted by Gasteiger charge is -2.42. The van der Waals surface area contributed by atoms with E-state index in [1.165, 1.54) is 0 Å². The predicted molar refractivity (Wildman–Crippen MR) is 101 cm³/mol. The topological polar surface area (TPSA) is 65.0 Å². The van der Waals surface area contributed by atoms with E-state index in [0.29, 0.717) is 13.2 Å². The number of rotatable bonds is 7. The van der Waals surface area contributed by atoms with Crippen molar-refractivity contribution in [1.82, 2.24) is 0 Å². The van der Waals surface area contributed by atoms with Crippen LogP contribution in [0.3, 0.4) is 0 Å². The Bertz CT molecular complexity index is 718. The summed E-state index contributed by atoms with van der Waals surface area (Å²) in [6.07, 6.45) is -1.99. The quantitative estimate of drug-likeness (QED) is 0.801. The van der Waals surface area contributed by atoms with Gasteiger partial charge in [-0.1, -0.05) is 74.5 Å². The largest absolute Gasteiger partial charge is 0.479 e. The van der Waals surface area contributed by atoms with E-state index >= 15 is 0 Å². The second-order valence-electron chi connectivity index (χ2n) is 7.04. The van der Waals surface area contributed by atoms with E-state index in [1.54, 1.807) is 0 Å². The molecule has 2 unspecified atom stereocenters. The zero-order valence-corrected chi connectivity index (χ0v) is 15.7. The lowest BCUT2D eigenvalue weighted by atomic mass is 9.83. The number of benzene rings is 2. The summed E-state index contributed by atoms with van der Waals surface area (Å²) in [7, 11) is 0. The van der Waals surface area contributed by atoms with Gasteiger partial charge in [0.1, 0.15) is 6.10 Å². The molecule has 1 saturated heterocycles. The molecule has 1 aliphatic heterocycles. The first kappa shape index (κ1) is 19.5. The fourth-order valence-electron chi connectivity index (χ4n) is 3.34. The Morgan fingerprint density at radius 3 is 1.93 bits per heavy atom. The van der Waals surface area contributed by atoms with Gasteiger partial charge < -0.3 is 19.3 Å². The number of hydrogen-bond donors (Lipinski definition) is 1. The van der Waals surface area contributed by atoms with Gasteiger partial charge >= 0.3 is 5.97 Å². The van der Waals surface area contributed by atoms with Crippen LogP contribution in [0.2, 0.25) is 0 Å². The van der Waals surface area contributed by atoms with E-state index in [9.17, 15) is 9.90 Å². The highest BCUT2D eigenvalue weighted by atomic mass is 16.7. The van der Waals surface area contributed by atoms with Gasteiger partial charge in [0.15, 0.2) is 12.4 Å². The summed E-state index contributed by atoms with van der Waals surface area (Å²) in [6.45, 7) is 4.65. The Kier molecular flexibility index (Phi) is 6.61. The fourth-order valence-corrected chi connectivity index (χ4v) is 3.34. The molecule has 0 amide bonds. The van der Waals surface area contributed by atoms with Crippen molar-refractivity contribution < 1.29 is 24.1 Å². The minimum Gasteiger partial charge on any atom is -0.479 e. The highest BCUT2D eigenvalue weighted by Crippen LogP contribution is 2.34. The molecule has 0 radical (unpaired) electrons. The van der Waals surface area contributed by atoms with Crippen LogP contribution in [0.25, 0.3) is 0 Å². The molecule has 0 aliphatic carbocycles. The number of carboxylic acids is 1. The fraction of sp³-hybridized carbons (Fsp3) is 0.409. The second-order valence-corrected chi connectivity index (χ2v) is 7.04. The van der Waals surface area contributed by atoms with Crippen molar-refractivity contribution in [3.63, 3.8) is 0 Å². The van der Waals surface area contributed by atoms with Gasteiger partial charge in [-0.3, -0.25) is 0 Å². The first-order valence-electron chi connectivity index (χ1n) is 9.25. The number of hydrogen-bond acceptors (Lipinski definition) is 4. The van der Waals surface area contributed by atoms with Gasteiger partial charge in [0.2, 0.25) is 0 Å². The van der Waals surface area contributed by atoms with Gasteiger partial charge in [0.25, 0.3) is 0 Å². The minimum absolute atomic E-state index is 0.0238. The Morgan fingerprint density at radius 1 is 0.889 bits per heavy atom. The van der Waals surface area contributed by atoms with Crippen LogP contribution >= 0.6 is 0 Å². The van der Waals surface area contributed by atoms with Crippen molar-refractivity contribution in [2.75, 3.05) is 0 Å². The molecule has 0 saturated carbocycles. The summed E-state index contributed by atoms with van der Waals surface area (Å²) >= 11 is 0. The smallest absolute Gasteiger partial charge is 0.333 e. The molecule has 1 fully saturated rings. The first-order chi connectivity index (χ1) is 13.1. The van der Waals surface area contributed by atoms with Crippen LogP contribution in [0.5, 0.6) is 0 Å². The highest BCUT2D eigenvalue weighted by Gasteiger charge is 2.45. The molecule has 5 atom stereocenters. The van der Waals surface area contributed by atoms with Crippen LogP contribution in [0, 0.1) is 11.8 Å². The molecule has 3 rings (SSSR count). The van der Waals surface area contributed by atoms with Gasteiger partial charge in [-0.25, -0.2) is 4.79 Å². The van der Waals surface area contributed by atoms with Gasteiger partial charge in [-0.2, -0.15) is 0 Å². The van der Waals surface area contributed by atoms with Crippen molar-refractivity contribution >= 4 is 5.97 Å². The zero-order valence-electron chi connectivity index (χ0n) is 15.7. The van der Waals surface area contributed by atoms with Crippen molar-refractivity contribution in [3.05, 3.63) is 71.8 Å². The van der Waals surface area contributed by atoms with E-state index in [-0.39, 0.29) is 17.9 Å². The number of ether oxygens (including phenoxy) is 3. The molecule has 1 aliphatic rings. The third-order valence-electron chi connectivity index (χ3n) is 5.16. The monoisotopic (exact) mass is 370 g/mol. The number of carbonyl (C=O) groups is 1. The van der Waals surface area contributed by atoms with Crippen molar-refractivity contribution in [2.45, 2.75) is 45.6 Å². The van der Waals surface area contributed by atoms with Crippen LogP contribution in [0.1, 0.15) is 25.0 Å². The average molecular weight is 370 g/mol. The molecular formula is C22H26O5.